The van der Waals surface area contributed by atoms with Gasteiger partial charge in [0, 0.05) is 44.0 Å². The number of furan rings is 1. The molecule has 0 unspecified atom stereocenters. The quantitative estimate of drug-likeness (QED) is 0.212. The molecule has 3 aromatic heterocycles. The molecule has 0 aliphatic heterocycles. The molecule has 0 radical (unpaired) electrons. The Morgan fingerprint density at radius 1 is 0.628 bits per heavy atom. The molecule has 5 heteroatoms. The van der Waals surface area contributed by atoms with Crippen LogP contribution < -0.4 is 0 Å². The lowest BCUT2D eigenvalue weighted by atomic mass is 9.80. The first-order valence-electron chi connectivity index (χ1n) is 14.5. The summed E-state index contributed by atoms with van der Waals surface area (Å²) in [6.07, 6.45) is 0. The highest BCUT2D eigenvalue weighted by atomic mass is 32.1. The summed E-state index contributed by atoms with van der Waals surface area (Å²) in [6, 6.07) is 39.9. The van der Waals surface area contributed by atoms with E-state index >= 15 is 0 Å². The van der Waals surface area contributed by atoms with E-state index in [2.05, 4.69) is 111 Å². The molecule has 43 heavy (non-hydrogen) atoms. The van der Waals surface area contributed by atoms with Crippen molar-refractivity contribution in [2.45, 2.75) is 19.3 Å². The Labute approximate surface area is 252 Å². The van der Waals surface area contributed by atoms with Crippen molar-refractivity contribution in [2.24, 2.45) is 0 Å². The zero-order chi connectivity index (χ0) is 28.7. The SMILES string of the molecule is CC1(C)c2ccccc2-c2nc(-c3cccc(-c4nc5ccccc5s4)c3)nc(-c3cccc4c3oc3ccccc34)c21. The van der Waals surface area contributed by atoms with Crippen molar-refractivity contribution in [3.8, 4) is 44.5 Å². The second-order valence-electron chi connectivity index (χ2n) is 11.6. The number of aromatic nitrogens is 3. The summed E-state index contributed by atoms with van der Waals surface area (Å²) < 4.78 is 7.70. The second kappa shape index (κ2) is 8.93. The number of thiazole rings is 1. The van der Waals surface area contributed by atoms with E-state index < -0.39 is 0 Å². The van der Waals surface area contributed by atoms with E-state index in [1.165, 1.54) is 10.3 Å². The Hall–Kier alpha value is -5.13. The Morgan fingerprint density at radius 3 is 2.23 bits per heavy atom. The van der Waals surface area contributed by atoms with Crippen LogP contribution in [0, 0.1) is 0 Å². The highest BCUT2D eigenvalue weighted by Gasteiger charge is 2.40. The second-order valence-corrected chi connectivity index (χ2v) is 12.7. The highest BCUT2D eigenvalue weighted by Crippen LogP contribution is 2.52. The lowest BCUT2D eigenvalue weighted by Crippen LogP contribution is -2.17. The Kier molecular flexibility index (Phi) is 5.08. The third-order valence-corrected chi connectivity index (χ3v) is 9.80. The third kappa shape index (κ3) is 3.58. The van der Waals surface area contributed by atoms with E-state index in [0.717, 1.165) is 71.7 Å². The molecule has 0 saturated heterocycles. The van der Waals surface area contributed by atoms with Gasteiger partial charge in [0.2, 0.25) is 0 Å². The summed E-state index contributed by atoms with van der Waals surface area (Å²) in [5, 5.41) is 3.19. The zero-order valence-corrected chi connectivity index (χ0v) is 24.4. The lowest BCUT2D eigenvalue weighted by molar-refractivity contribution is 0.655. The summed E-state index contributed by atoms with van der Waals surface area (Å²) in [5.41, 5.74) is 10.9. The molecular weight excluding hydrogens is 547 g/mol. The van der Waals surface area contributed by atoms with Crippen LogP contribution in [0.5, 0.6) is 0 Å². The van der Waals surface area contributed by atoms with Crippen LogP contribution in [0.4, 0.5) is 0 Å². The van der Waals surface area contributed by atoms with Crippen LogP contribution in [-0.4, -0.2) is 15.0 Å². The molecule has 4 nitrogen and oxygen atoms in total. The number of nitrogens with zero attached hydrogens (tertiary/aromatic N) is 3. The van der Waals surface area contributed by atoms with Gasteiger partial charge in [-0.1, -0.05) is 98.8 Å². The molecule has 1 aliphatic rings. The average molecular weight is 572 g/mol. The van der Waals surface area contributed by atoms with Crippen LogP contribution in [-0.2, 0) is 5.41 Å². The van der Waals surface area contributed by atoms with E-state index in [1.807, 2.05) is 18.2 Å². The maximum Gasteiger partial charge on any atom is 0.160 e. The fourth-order valence-electron chi connectivity index (χ4n) is 6.66. The van der Waals surface area contributed by atoms with Crippen LogP contribution >= 0.6 is 11.3 Å². The molecule has 0 atom stereocenters. The topological polar surface area (TPSA) is 51.8 Å². The van der Waals surface area contributed by atoms with E-state index in [1.54, 1.807) is 11.3 Å². The summed E-state index contributed by atoms with van der Waals surface area (Å²) in [5.74, 6) is 0.692. The van der Waals surface area contributed by atoms with Crippen molar-refractivity contribution in [3.05, 3.63) is 126 Å². The molecule has 204 valence electrons. The zero-order valence-electron chi connectivity index (χ0n) is 23.6. The van der Waals surface area contributed by atoms with Crippen LogP contribution in [0.3, 0.4) is 0 Å². The molecule has 5 aromatic carbocycles. The van der Waals surface area contributed by atoms with Gasteiger partial charge < -0.3 is 4.42 Å². The fraction of sp³-hybridized carbons (Fsp3) is 0.0789. The van der Waals surface area contributed by atoms with Gasteiger partial charge in [-0.3, -0.25) is 0 Å². The molecule has 0 bridgehead atoms. The van der Waals surface area contributed by atoms with Gasteiger partial charge in [0.25, 0.3) is 0 Å². The molecule has 9 rings (SSSR count). The van der Waals surface area contributed by atoms with Gasteiger partial charge in [-0.05, 0) is 35.9 Å². The summed E-state index contributed by atoms with van der Waals surface area (Å²) in [7, 11) is 0. The van der Waals surface area contributed by atoms with Gasteiger partial charge in [-0.25, -0.2) is 15.0 Å². The number of rotatable bonds is 3. The first-order chi connectivity index (χ1) is 21.1. The van der Waals surface area contributed by atoms with Gasteiger partial charge in [-0.15, -0.1) is 11.3 Å². The van der Waals surface area contributed by atoms with Crippen LogP contribution in [0.25, 0.3) is 76.6 Å². The first kappa shape index (κ1) is 24.5. The van der Waals surface area contributed by atoms with Crippen molar-refractivity contribution < 1.29 is 4.42 Å². The van der Waals surface area contributed by atoms with E-state index in [9.17, 15) is 0 Å². The summed E-state index contributed by atoms with van der Waals surface area (Å²) in [6.45, 7) is 4.55. The molecular formula is C38H25N3OS. The maximum absolute atomic E-state index is 6.53. The van der Waals surface area contributed by atoms with Gasteiger partial charge in [0.15, 0.2) is 5.82 Å². The summed E-state index contributed by atoms with van der Waals surface area (Å²) in [4.78, 5) is 15.6. The molecule has 3 heterocycles. The molecule has 0 saturated carbocycles. The van der Waals surface area contributed by atoms with Crippen LogP contribution in [0.2, 0.25) is 0 Å². The first-order valence-corrected chi connectivity index (χ1v) is 15.3. The predicted molar refractivity (Wildman–Crippen MR) is 176 cm³/mol. The van der Waals surface area contributed by atoms with Gasteiger partial charge in [0.1, 0.15) is 16.2 Å². The van der Waals surface area contributed by atoms with E-state index in [0.29, 0.717) is 5.82 Å². The molecule has 0 fully saturated rings. The normalized spacial score (nSPS) is 13.5. The van der Waals surface area contributed by atoms with E-state index in [-0.39, 0.29) is 5.41 Å². The highest BCUT2D eigenvalue weighted by molar-refractivity contribution is 7.21. The monoisotopic (exact) mass is 571 g/mol. The van der Waals surface area contributed by atoms with Crippen molar-refractivity contribution in [1.29, 1.82) is 0 Å². The Bertz CT molecular complexity index is 2360. The van der Waals surface area contributed by atoms with Gasteiger partial charge >= 0.3 is 0 Å². The lowest BCUT2D eigenvalue weighted by Gasteiger charge is -2.23. The van der Waals surface area contributed by atoms with Crippen molar-refractivity contribution >= 4 is 43.5 Å². The number of para-hydroxylation sites is 3. The minimum absolute atomic E-state index is 0.281. The number of hydrogen-bond acceptors (Lipinski definition) is 5. The number of hydrogen-bond donors (Lipinski definition) is 0. The van der Waals surface area contributed by atoms with Crippen molar-refractivity contribution in [3.63, 3.8) is 0 Å². The Morgan fingerprint density at radius 2 is 1.33 bits per heavy atom. The molecule has 1 aliphatic carbocycles. The van der Waals surface area contributed by atoms with Crippen molar-refractivity contribution in [1.82, 2.24) is 15.0 Å². The minimum atomic E-state index is -0.281. The average Bonchev–Trinajstić information content (AvgIpc) is 3.72. The summed E-state index contributed by atoms with van der Waals surface area (Å²) >= 11 is 1.70. The molecule has 0 N–H and O–H groups in total. The van der Waals surface area contributed by atoms with Gasteiger partial charge in [0.05, 0.1) is 21.6 Å². The third-order valence-electron chi connectivity index (χ3n) is 8.71. The van der Waals surface area contributed by atoms with Crippen molar-refractivity contribution in [2.75, 3.05) is 0 Å². The van der Waals surface area contributed by atoms with Crippen LogP contribution in [0.15, 0.2) is 120 Å². The fourth-order valence-corrected chi connectivity index (χ4v) is 7.62. The maximum atomic E-state index is 6.53. The Balaban J connectivity index is 1.31. The smallest absolute Gasteiger partial charge is 0.160 e. The molecule has 0 amide bonds. The largest absolute Gasteiger partial charge is 0.455 e. The predicted octanol–water partition coefficient (Wildman–Crippen LogP) is 10.3. The van der Waals surface area contributed by atoms with Crippen LogP contribution in [0.1, 0.15) is 25.0 Å². The van der Waals surface area contributed by atoms with E-state index in [4.69, 9.17) is 19.4 Å². The number of fused-ring (bicyclic) bond motifs is 7. The van der Waals surface area contributed by atoms with Gasteiger partial charge in [-0.2, -0.15) is 0 Å². The molecule has 0 spiro atoms. The standard InChI is InChI=1S/C38H25N3OS/c1-38(2)28-17-5-3-14-26(28)33-32(38)34(27-16-10-15-25-24-13-4-7-19-30(24)42-35(25)27)41-36(40-33)22-11-9-12-23(21-22)37-39-29-18-6-8-20-31(29)43-37/h3-21H,1-2H3. The minimum Gasteiger partial charge on any atom is -0.455 e. The number of benzene rings is 5. The molecule has 8 aromatic rings.